The Labute approximate surface area is 105 Å². The van der Waals surface area contributed by atoms with Crippen molar-refractivity contribution < 1.29 is 9.90 Å². The van der Waals surface area contributed by atoms with Crippen molar-refractivity contribution in [3.8, 4) is 0 Å². The van der Waals surface area contributed by atoms with Gasteiger partial charge in [-0.3, -0.25) is 4.79 Å². The Hall–Kier alpha value is -2.17. The normalized spacial score (nSPS) is 10.6. The molecule has 0 radical (unpaired) electrons. The minimum Gasteiger partial charge on any atom is -0.480 e. The summed E-state index contributed by atoms with van der Waals surface area (Å²) in [6, 6.07) is 7.77. The Morgan fingerprint density at radius 3 is 2.56 bits per heavy atom. The van der Waals surface area contributed by atoms with Crippen LogP contribution in [0.5, 0.6) is 0 Å². The Balaban J connectivity index is 2.56. The van der Waals surface area contributed by atoms with Crippen LogP contribution in [0.1, 0.15) is 12.6 Å². The van der Waals surface area contributed by atoms with Crippen LogP contribution in [0.15, 0.2) is 24.3 Å². The highest BCUT2D eigenvalue weighted by Gasteiger charge is 2.14. The third kappa shape index (κ3) is 2.25. The van der Waals surface area contributed by atoms with Crippen molar-refractivity contribution in [3.05, 3.63) is 30.0 Å². The number of rotatable bonds is 4. The summed E-state index contributed by atoms with van der Waals surface area (Å²) in [5, 5.41) is 19.1. The minimum absolute atomic E-state index is 0.0712. The lowest BCUT2D eigenvalue weighted by molar-refractivity contribution is -0.135. The van der Waals surface area contributed by atoms with E-state index in [-0.39, 0.29) is 6.54 Å². The van der Waals surface area contributed by atoms with Crippen LogP contribution in [0.3, 0.4) is 0 Å². The number of anilines is 1. The number of hydrogen-bond donors (Lipinski definition) is 1. The van der Waals surface area contributed by atoms with Crippen molar-refractivity contribution in [1.29, 1.82) is 0 Å². The van der Waals surface area contributed by atoms with E-state index in [1.54, 1.807) is 4.90 Å². The van der Waals surface area contributed by atoms with Gasteiger partial charge in [-0.2, -0.15) is 5.10 Å². The van der Waals surface area contributed by atoms with Crippen molar-refractivity contribution in [2.75, 3.05) is 18.0 Å². The lowest BCUT2D eigenvalue weighted by Gasteiger charge is -2.20. The zero-order chi connectivity index (χ0) is 13.1. The first kappa shape index (κ1) is 12.3. The SMILES string of the molecule is CCN(CC(=O)O)c1nnc(C)c2ccccc12. The number of carbonyl (C=O) groups is 1. The number of carboxylic acid groups (broad SMARTS) is 1. The van der Waals surface area contributed by atoms with Crippen molar-refractivity contribution in [3.63, 3.8) is 0 Å². The summed E-state index contributed by atoms with van der Waals surface area (Å²) < 4.78 is 0. The van der Waals surface area contributed by atoms with Gasteiger partial charge in [-0.15, -0.1) is 5.10 Å². The predicted octanol–water partition coefficient (Wildman–Crippen LogP) is 1.85. The highest BCUT2D eigenvalue weighted by atomic mass is 16.4. The summed E-state index contributed by atoms with van der Waals surface area (Å²) >= 11 is 0. The third-order valence-corrected chi connectivity index (χ3v) is 2.86. The van der Waals surface area contributed by atoms with Crippen LogP contribution in [-0.4, -0.2) is 34.4 Å². The monoisotopic (exact) mass is 245 g/mol. The topological polar surface area (TPSA) is 66.3 Å². The number of nitrogens with zero attached hydrogens (tertiary/aromatic N) is 3. The molecule has 0 saturated carbocycles. The molecule has 0 bridgehead atoms. The second-order valence-corrected chi connectivity index (χ2v) is 4.06. The second-order valence-electron chi connectivity index (χ2n) is 4.06. The van der Waals surface area contributed by atoms with Crippen molar-refractivity contribution in [2.45, 2.75) is 13.8 Å². The molecule has 0 aliphatic carbocycles. The van der Waals surface area contributed by atoms with Gasteiger partial charge in [-0.1, -0.05) is 24.3 Å². The number of aliphatic carboxylic acids is 1. The maximum atomic E-state index is 10.9. The molecule has 0 fully saturated rings. The van der Waals surface area contributed by atoms with Crippen molar-refractivity contribution >= 4 is 22.6 Å². The first-order chi connectivity index (χ1) is 8.63. The van der Waals surface area contributed by atoms with Crippen LogP contribution in [0.2, 0.25) is 0 Å². The first-order valence-corrected chi connectivity index (χ1v) is 5.82. The number of aromatic nitrogens is 2. The number of benzene rings is 1. The molecule has 0 spiro atoms. The van der Waals surface area contributed by atoms with Gasteiger partial charge in [0.2, 0.25) is 0 Å². The standard InChI is InChI=1S/C13H15N3O2/c1-3-16(8-12(17)18)13-11-7-5-4-6-10(11)9(2)14-15-13/h4-7H,3,8H2,1-2H3,(H,17,18). The molecule has 0 aliphatic rings. The van der Waals surface area contributed by atoms with E-state index >= 15 is 0 Å². The Morgan fingerprint density at radius 1 is 1.28 bits per heavy atom. The van der Waals surface area contributed by atoms with Gasteiger partial charge in [-0.05, 0) is 13.8 Å². The number of likely N-dealkylation sites (N-methyl/N-ethyl adjacent to an activating group) is 1. The van der Waals surface area contributed by atoms with Crippen LogP contribution >= 0.6 is 0 Å². The smallest absolute Gasteiger partial charge is 0.323 e. The van der Waals surface area contributed by atoms with Crippen LogP contribution in [0.25, 0.3) is 10.8 Å². The molecule has 0 unspecified atom stereocenters. The lowest BCUT2D eigenvalue weighted by atomic mass is 10.1. The van der Waals surface area contributed by atoms with Crippen LogP contribution < -0.4 is 4.90 Å². The van der Waals surface area contributed by atoms with Gasteiger partial charge in [0.1, 0.15) is 6.54 Å². The van der Waals surface area contributed by atoms with E-state index < -0.39 is 5.97 Å². The molecule has 0 aliphatic heterocycles. The molecule has 1 N–H and O–H groups in total. The Morgan fingerprint density at radius 2 is 1.94 bits per heavy atom. The molecule has 1 aromatic carbocycles. The summed E-state index contributed by atoms with van der Waals surface area (Å²) in [6.07, 6.45) is 0. The Kier molecular flexibility index (Phi) is 3.41. The van der Waals surface area contributed by atoms with E-state index in [9.17, 15) is 4.79 Å². The molecular weight excluding hydrogens is 230 g/mol. The third-order valence-electron chi connectivity index (χ3n) is 2.86. The fourth-order valence-corrected chi connectivity index (χ4v) is 1.96. The van der Waals surface area contributed by atoms with Crippen molar-refractivity contribution in [1.82, 2.24) is 10.2 Å². The molecule has 5 heteroatoms. The van der Waals surface area contributed by atoms with Crippen LogP contribution in [-0.2, 0) is 4.79 Å². The summed E-state index contributed by atoms with van der Waals surface area (Å²) in [5.41, 5.74) is 0.848. The van der Waals surface area contributed by atoms with Crippen LogP contribution in [0, 0.1) is 6.92 Å². The zero-order valence-corrected chi connectivity index (χ0v) is 10.4. The molecule has 5 nitrogen and oxygen atoms in total. The zero-order valence-electron chi connectivity index (χ0n) is 10.4. The molecule has 2 aromatic rings. The van der Waals surface area contributed by atoms with Gasteiger partial charge in [0.25, 0.3) is 0 Å². The molecule has 94 valence electrons. The molecule has 2 rings (SSSR count). The largest absolute Gasteiger partial charge is 0.480 e. The summed E-state index contributed by atoms with van der Waals surface area (Å²) in [4.78, 5) is 12.6. The summed E-state index contributed by atoms with van der Waals surface area (Å²) in [7, 11) is 0. The lowest BCUT2D eigenvalue weighted by Crippen LogP contribution is -2.30. The van der Waals surface area contributed by atoms with E-state index in [1.807, 2.05) is 38.1 Å². The van der Waals surface area contributed by atoms with E-state index in [0.717, 1.165) is 16.5 Å². The summed E-state index contributed by atoms with van der Waals surface area (Å²) in [5.74, 6) is -0.246. The highest BCUT2D eigenvalue weighted by molar-refractivity contribution is 5.94. The number of aryl methyl sites for hydroxylation is 1. The fourth-order valence-electron chi connectivity index (χ4n) is 1.96. The average Bonchev–Trinajstić information content (AvgIpc) is 2.37. The molecule has 0 amide bonds. The maximum Gasteiger partial charge on any atom is 0.323 e. The Bertz CT molecular complexity index is 583. The number of fused-ring (bicyclic) bond motifs is 1. The van der Waals surface area contributed by atoms with E-state index in [1.165, 1.54) is 0 Å². The van der Waals surface area contributed by atoms with E-state index in [4.69, 9.17) is 5.11 Å². The predicted molar refractivity (Wildman–Crippen MR) is 69.8 cm³/mol. The van der Waals surface area contributed by atoms with Gasteiger partial charge in [0, 0.05) is 17.3 Å². The molecule has 0 atom stereocenters. The molecule has 18 heavy (non-hydrogen) atoms. The first-order valence-electron chi connectivity index (χ1n) is 5.82. The number of carboxylic acids is 1. The quantitative estimate of drug-likeness (QED) is 0.890. The minimum atomic E-state index is -0.872. The fraction of sp³-hybridized carbons (Fsp3) is 0.308. The highest BCUT2D eigenvalue weighted by Crippen LogP contribution is 2.25. The van der Waals surface area contributed by atoms with Gasteiger partial charge in [0.15, 0.2) is 5.82 Å². The molecule has 0 saturated heterocycles. The van der Waals surface area contributed by atoms with E-state index in [0.29, 0.717) is 12.4 Å². The summed E-state index contributed by atoms with van der Waals surface area (Å²) in [6.45, 7) is 4.30. The van der Waals surface area contributed by atoms with Gasteiger partial charge >= 0.3 is 5.97 Å². The average molecular weight is 245 g/mol. The van der Waals surface area contributed by atoms with Gasteiger partial charge in [0.05, 0.1) is 5.69 Å². The van der Waals surface area contributed by atoms with E-state index in [2.05, 4.69) is 10.2 Å². The molecular formula is C13H15N3O2. The van der Waals surface area contributed by atoms with Gasteiger partial charge in [-0.25, -0.2) is 0 Å². The maximum absolute atomic E-state index is 10.9. The number of hydrogen-bond acceptors (Lipinski definition) is 4. The molecule has 1 aromatic heterocycles. The second kappa shape index (κ2) is 5.00. The molecule has 1 heterocycles. The van der Waals surface area contributed by atoms with Gasteiger partial charge < -0.3 is 10.0 Å². The van der Waals surface area contributed by atoms with Crippen LogP contribution in [0.4, 0.5) is 5.82 Å². The van der Waals surface area contributed by atoms with Crippen molar-refractivity contribution in [2.24, 2.45) is 0 Å².